The van der Waals surface area contributed by atoms with Crippen molar-refractivity contribution in [3.8, 4) is 11.1 Å². The molecule has 8 rings (SSSR count). The maximum atomic E-state index is 10.1. The van der Waals surface area contributed by atoms with Crippen molar-refractivity contribution in [1.29, 1.82) is 0 Å². The molecule has 1 fully saturated rings. The Labute approximate surface area is 246 Å². The molecule has 0 radical (unpaired) electrons. The minimum Gasteiger partial charge on any atom is -0.342 e. The van der Waals surface area contributed by atoms with Crippen LogP contribution in [0.4, 0.5) is 5.69 Å². The predicted molar refractivity (Wildman–Crippen MR) is 156 cm³/mol. The van der Waals surface area contributed by atoms with E-state index in [-0.39, 0.29) is 50.2 Å². The molecule has 2 aliphatic heterocycles. The average molecular weight is 511 g/mol. The van der Waals surface area contributed by atoms with E-state index in [1.807, 2.05) is 4.90 Å². The number of guanidine groups is 1. The number of anilines is 1. The molecule has 1 spiro atoms. The van der Waals surface area contributed by atoms with Crippen molar-refractivity contribution in [2.45, 2.75) is 37.5 Å². The number of benzene rings is 4. The minimum atomic E-state index is -2.40. The van der Waals surface area contributed by atoms with E-state index in [0.29, 0.717) is 38.6 Å². The lowest BCUT2D eigenvalue weighted by atomic mass is 9.55. The van der Waals surface area contributed by atoms with Gasteiger partial charge in [-0.3, -0.25) is 4.99 Å². The van der Waals surface area contributed by atoms with Crippen LogP contribution in [0.3, 0.4) is 0 Å². The highest BCUT2D eigenvalue weighted by Gasteiger charge is 2.53. The summed E-state index contributed by atoms with van der Waals surface area (Å²) in [5, 5.41) is 0. The van der Waals surface area contributed by atoms with E-state index >= 15 is 0 Å². The summed E-state index contributed by atoms with van der Waals surface area (Å²) in [6, 6.07) is -8.91. The molecule has 2 aliphatic carbocycles. The Morgan fingerprint density at radius 2 is 1.26 bits per heavy atom. The van der Waals surface area contributed by atoms with Gasteiger partial charge in [0.2, 0.25) is 5.96 Å². The second kappa shape index (κ2) is 7.83. The Morgan fingerprint density at radius 1 is 0.658 bits per heavy atom. The van der Waals surface area contributed by atoms with Crippen molar-refractivity contribution in [2.75, 3.05) is 31.1 Å². The molecule has 4 aromatic carbocycles. The number of hydrogen-bond donors (Lipinski definition) is 0. The average Bonchev–Trinajstić information content (AvgIpc) is 3.44. The van der Waals surface area contributed by atoms with E-state index in [1.165, 1.54) is 0 Å². The van der Waals surface area contributed by atoms with Crippen LogP contribution in [-0.2, 0) is 10.8 Å². The van der Waals surface area contributed by atoms with Crippen LogP contribution >= 0.6 is 0 Å². The maximum absolute atomic E-state index is 10.1. The van der Waals surface area contributed by atoms with Crippen LogP contribution in [0.5, 0.6) is 0 Å². The molecule has 1 saturated heterocycles. The van der Waals surface area contributed by atoms with Crippen LogP contribution in [0, 0.1) is 0 Å². The first kappa shape index (κ1) is 11.9. The van der Waals surface area contributed by atoms with Crippen molar-refractivity contribution < 1.29 is 20.6 Å². The van der Waals surface area contributed by atoms with Crippen molar-refractivity contribution in [3.63, 3.8) is 0 Å². The van der Waals surface area contributed by atoms with Crippen molar-refractivity contribution in [2.24, 2.45) is 4.99 Å². The summed E-state index contributed by atoms with van der Waals surface area (Å²) >= 11 is 0. The van der Waals surface area contributed by atoms with Gasteiger partial charge in [0.1, 0.15) is 0 Å². The van der Waals surface area contributed by atoms with Crippen molar-refractivity contribution >= 4 is 11.6 Å². The third-order valence-electron chi connectivity index (χ3n) is 8.31. The summed E-state index contributed by atoms with van der Waals surface area (Å²) in [5.74, 6) is 0.493. The highest BCUT2D eigenvalue weighted by molar-refractivity contribution is 5.98. The molecule has 0 bridgehead atoms. The van der Waals surface area contributed by atoms with Gasteiger partial charge in [-0.25, -0.2) is 0 Å². The third kappa shape index (κ3) is 2.72. The highest BCUT2D eigenvalue weighted by atomic mass is 15.4. The van der Waals surface area contributed by atoms with E-state index in [0.717, 1.165) is 6.42 Å². The molecule has 4 aliphatic rings. The van der Waals surface area contributed by atoms with Gasteiger partial charge in [-0.1, -0.05) is 92.4 Å². The third-order valence-corrected chi connectivity index (χ3v) is 8.31. The Morgan fingerprint density at radius 3 is 2.00 bits per heavy atom. The molecule has 4 aromatic rings. The van der Waals surface area contributed by atoms with Gasteiger partial charge in [0.25, 0.3) is 0 Å². The first-order chi connectivity index (χ1) is 24.9. The van der Waals surface area contributed by atoms with Crippen LogP contribution in [0.2, 0.25) is 0 Å². The SMILES string of the molecule is [2H]c1c([2H])c([2H])c2c(c1[2H])-c1c([2H])c([2H])c(N3CCCN4CCCN=C43)c([2H])c1C21c2c([2H])c([2H])c([2H])c([2H])c2C(C)(C)c2c([2H])c([2H])c([2H])c([2H])c21. The van der Waals surface area contributed by atoms with E-state index < -0.39 is 101 Å². The molecular formula is C35H33N3. The number of fused-ring (bicyclic) bond motifs is 10. The molecule has 0 unspecified atom stereocenters. The molecule has 2 heterocycles. The lowest BCUT2D eigenvalue weighted by Gasteiger charge is -2.47. The summed E-state index contributed by atoms with van der Waals surface area (Å²) in [6.07, 6.45) is 1.41. The minimum absolute atomic E-state index is 0.0591. The zero-order valence-corrected chi connectivity index (χ0v) is 21.1. The van der Waals surface area contributed by atoms with Gasteiger partial charge >= 0.3 is 0 Å². The van der Waals surface area contributed by atoms with Gasteiger partial charge in [-0.05, 0) is 69.4 Å². The summed E-state index contributed by atoms with van der Waals surface area (Å²) < 4.78 is 138. The molecular weight excluding hydrogens is 462 g/mol. The number of rotatable bonds is 1. The normalized spacial score (nSPS) is 25.2. The molecule has 3 heteroatoms. The molecule has 0 aromatic heterocycles. The van der Waals surface area contributed by atoms with Crippen LogP contribution < -0.4 is 4.90 Å². The van der Waals surface area contributed by atoms with Gasteiger partial charge in [-0.15, -0.1) is 0 Å². The highest BCUT2D eigenvalue weighted by Crippen LogP contribution is 2.62. The first-order valence-electron chi connectivity index (χ1n) is 20.4. The molecule has 0 saturated carbocycles. The van der Waals surface area contributed by atoms with Crippen LogP contribution in [0.15, 0.2) is 95.6 Å². The van der Waals surface area contributed by atoms with E-state index in [2.05, 4.69) is 0 Å². The number of hydrogen-bond acceptors (Lipinski definition) is 3. The number of aliphatic imine (C=N–C) groups is 1. The van der Waals surface area contributed by atoms with Crippen LogP contribution in [-0.4, -0.2) is 37.0 Å². The fourth-order valence-corrected chi connectivity index (χ4v) is 6.62. The Hall–Kier alpha value is -3.85. The second-order valence-corrected chi connectivity index (χ2v) is 10.6. The zero-order chi connectivity index (χ0) is 38.5. The molecule has 0 amide bonds. The Kier molecular flexibility index (Phi) is 2.45. The Balaban J connectivity index is 1.72. The smallest absolute Gasteiger partial charge is 0.201 e. The van der Waals surface area contributed by atoms with Crippen LogP contribution in [0.1, 0.15) is 80.6 Å². The summed E-state index contributed by atoms with van der Waals surface area (Å²) in [5.41, 5.74) is -5.62. The lowest BCUT2D eigenvalue weighted by molar-refractivity contribution is 0.360. The predicted octanol–water partition coefficient (Wildman–Crippen LogP) is 6.96. The molecule has 38 heavy (non-hydrogen) atoms. The largest absolute Gasteiger partial charge is 0.342 e. The second-order valence-electron chi connectivity index (χ2n) is 10.6. The van der Waals surface area contributed by atoms with E-state index in [9.17, 15) is 12.3 Å². The van der Waals surface area contributed by atoms with Gasteiger partial charge in [0.15, 0.2) is 0 Å². The summed E-state index contributed by atoms with van der Waals surface area (Å²) in [4.78, 5) is 8.42. The zero-order valence-electron chi connectivity index (χ0n) is 36.1. The molecule has 3 nitrogen and oxygen atoms in total. The van der Waals surface area contributed by atoms with Gasteiger partial charge in [0.05, 0.1) is 26.0 Å². The lowest BCUT2D eigenvalue weighted by Crippen LogP contribution is -2.52. The van der Waals surface area contributed by atoms with Crippen molar-refractivity contribution in [1.82, 2.24) is 4.90 Å². The summed E-state index contributed by atoms with van der Waals surface area (Å²) in [6.45, 7) is 5.31. The fourth-order valence-electron chi connectivity index (χ4n) is 6.62. The van der Waals surface area contributed by atoms with Gasteiger partial charge in [0, 0.05) is 37.3 Å². The van der Waals surface area contributed by atoms with E-state index in [1.54, 1.807) is 18.7 Å². The van der Waals surface area contributed by atoms with Gasteiger partial charge < -0.3 is 9.80 Å². The van der Waals surface area contributed by atoms with Crippen molar-refractivity contribution in [3.05, 3.63) is 124 Å². The van der Waals surface area contributed by atoms with Gasteiger partial charge in [-0.2, -0.15) is 0 Å². The molecule has 0 N–H and O–H groups in total. The summed E-state index contributed by atoms with van der Waals surface area (Å²) in [7, 11) is 0. The first-order valence-corrected chi connectivity index (χ1v) is 12.9. The van der Waals surface area contributed by atoms with Crippen LogP contribution in [0.25, 0.3) is 11.1 Å². The Bertz CT molecular complexity index is 2350. The fraction of sp³-hybridized carbons (Fsp3) is 0.286. The quantitative estimate of drug-likeness (QED) is 0.243. The maximum Gasteiger partial charge on any atom is 0.201 e. The molecule has 0 atom stereocenters. The monoisotopic (exact) mass is 510 g/mol. The topological polar surface area (TPSA) is 18.8 Å². The molecule has 188 valence electrons. The number of nitrogens with zero attached hydrogens (tertiary/aromatic N) is 3. The van der Waals surface area contributed by atoms with E-state index in [4.69, 9.17) is 13.2 Å². The standard InChI is InChI=1S/C35H33N3/c1-34(2)28-13-5-7-15-30(28)35(31-16-8-6-14-29(31)34)27-12-4-3-11-25(27)26-18-17-24(23-32(26)35)38-22-10-21-37-20-9-19-36-33(37)38/h3-8,11-18,23H,9-10,19-22H2,1-2H3/i3D,4D,5D,6D,7D,8D,11D,12D,13D,14D,15D,16D,17D,18D,23D.